The van der Waals surface area contributed by atoms with E-state index in [9.17, 15) is 9.90 Å². The highest BCUT2D eigenvalue weighted by atomic mass is 16.6. The summed E-state index contributed by atoms with van der Waals surface area (Å²) in [5.41, 5.74) is -0.648. The second-order valence-electron chi connectivity index (χ2n) is 8.20. The lowest BCUT2D eigenvalue weighted by Gasteiger charge is -2.60. The van der Waals surface area contributed by atoms with Gasteiger partial charge in [0.15, 0.2) is 0 Å². The van der Waals surface area contributed by atoms with Crippen molar-refractivity contribution in [3.8, 4) is 0 Å². The fourth-order valence-corrected chi connectivity index (χ4v) is 5.19. The third-order valence-electron chi connectivity index (χ3n) is 6.08. The lowest BCUT2D eigenvalue weighted by molar-refractivity contribution is -0.240. The third-order valence-corrected chi connectivity index (χ3v) is 6.08. The van der Waals surface area contributed by atoms with E-state index in [1.54, 1.807) is 0 Å². The molecule has 0 heterocycles. The molecule has 4 aliphatic rings. The smallest absolute Gasteiger partial charge is 0.309 e. The molecular formula is C18H30O5. The molecule has 4 rings (SSSR count). The van der Waals surface area contributed by atoms with Crippen molar-refractivity contribution >= 4 is 5.97 Å². The Hall–Kier alpha value is -0.650. The molecule has 4 unspecified atom stereocenters. The highest BCUT2D eigenvalue weighted by molar-refractivity contribution is 5.72. The Balaban J connectivity index is 1.72. The van der Waals surface area contributed by atoms with E-state index in [4.69, 9.17) is 14.6 Å². The zero-order valence-electron chi connectivity index (χ0n) is 14.3. The summed E-state index contributed by atoms with van der Waals surface area (Å²) < 4.78 is 12.1. The van der Waals surface area contributed by atoms with Crippen molar-refractivity contribution in [3.63, 3.8) is 0 Å². The van der Waals surface area contributed by atoms with E-state index in [0.717, 1.165) is 38.5 Å². The summed E-state index contributed by atoms with van der Waals surface area (Å²) >= 11 is 0. The lowest BCUT2D eigenvalue weighted by Crippen LogP contribution is -2.62. The molecule has 0 aromatic heterocycles. The van der Waals surface area contributed by atoms with Crippen LogP contribution in [0.15, 0.2) is 0 Å². The second kappa shape index (κ2) is 6.34. The third kappa shape index (κ3) is 3.42. The number of esters is 1. The fourth-order valence-electron chi connectivity index (χ4n) is 5.19. The maximum atomic E-state index is 12.3. The van der Waals surface area contributed by atoms with Gasteiger partial charge in [-0.2, -0.15) is 0 Å². The summed E-state index contributed by atoms with van der Waals surface area (Å²) in [6, 6.07) is 0. The minimum atomic E-state index is -0.832. The molecule has 2 N–H and O–H groups in total. The second-order valence-corrected chi connectivity index (χ2v) is 8.20. The van der Waals surface area contributed by atoms with E-state index >= 15 is 0 Å². The molecule has 4 fully saturated rings. The van der Waals surface area contributed by atoms with Crippen LogP contribution >= 0.6 is 0 Å². The maximum Gasteiger partial charge on any atom is 0.309 e. The summed E-state index contributed by atoms with van der Waals surface area (Å²) in [5, 5.41) is 18.6. The normalized spacial score (nSPS) is 40.9. The molecule has 0 aliphatic heterocycles. The molecule has 4 saturated carbocycles. The van der Waals surface area contributed by atoms with Crippen LogP contribution in [0.5, 0.6) is 0 Å². The van der Waals surface area contributed by atoms with Crippen molar-refractivity contribution in [1.82, 2.24) is 0 Å². The summed E-state index contributed by atoms with van der Waals surface area (Å²) in [6.07, 6.45) is 5.81. The van der Waals surface area contributed by atoms with Crippen molar-refractivity contribution in [2.75, 3.05) is 13.2 Å². The molecular weight excluding hydrogens is 296 g/mol. The summed E-state index contributed by atoms with van der Waals surface area (Å²) in [6.45, 7) is 3.81. The molecule has 4 aliphatic carbocycles. The monoisotopic (exact) mass is 326 g/mol. The molecule has 5 heteroatoms. The number of hydrogen-bond donors (Lipinski definition) is 2. The average Bonchev–Trinajstić information content (AvgIpc) is 2.50. The molecule has 5 nitrogen and oxygen atoms in total. The van der Waals surface area contributed by atoms with E-state index in [-0.39, 0.29) is 36.3 Å². The maximum absolute atomic E-state index is 12.3. The number of aliphatic hydroxyl groups is 2. The van der Waals surface area contributed by atoms with E-state index in [1.807, 2.05) is 13.8 Å². The first-order valence-electron chi connectivity index (χ1n) is 9.05. The van der Waals surface area contributed by atoms with Gasteiger partial charge >= 0.3 is 5.97 Å². The Kier molecular flexibility index (Phi) is 4.73. The number of hydrogen-bond acceptors (Lipinski definition) is 5. The number of rotatable bonds is 7. The Morgan fingerprint density at radius 3 is 2.39 bits per heavy atom. The fraction of sp³-hybridized carbons (Fsp3) is 0.944. The number of ether oxygens (including phenoxy) is 2. The van der Waals surface area contributed by atoms with Crippen LogP contribution in [0.1, 0.15) is 58.8 Å². The van der Waals surface area contributed by atoms with Crippen LogP contribution in [0.25, 0.3) is 0 Å². The van der Waals surface area contributed by atoms with E-state index < -0.39 is 6.10 Å². The molecule has 0 radical (unpaired) electrons. The van der Waals surface area contributed by atoms with E-state index in [1.165, 1.54) is 6.42 Å². The first-order chi connectivity index (χ1) is 10.9. The molecule has 23 heavy (non-hydrogen) atoms. The van der Waals surface area contributed by atoms with Gasteiger partial charge < -0.3 is 19.7 Å². The number of carbonyl (C=O) groups is 1. The van der Waals surface area contributed by atoms with Crippen LogP contribution in [-0.4, -0.2) is 46.7 Å². The van der Waals surface area contributed by atoms with Crippen LogP contribution in [0.3, 0.4) is 0 Å². The van der Waals surface area contributed by atoms with Crippen molar-refractivity contribution < 1.29 is 24.5 Å². The first kappa shape index (κ1) is 17.2. The Morgan fingerprint density at radius 2 is 1.83 bits per heavy atom. The molecule has 4 bridgehead atoms. The standard InChI is InChI=1S/C18H30O5/c1-3-12(2)16(21)23-18-7-13-4-14(8-18)6-17(5-13,11-18)22-10-15(20)9-19/h12-15,19-20H,3-11H2,1-2H3. The first-order valence-corrected chi connectivity index (χ1v) is 9.05. The summed E-state index contributed by atoms with van der Waals surface area (Å²) in [4.78, 5) is 12.3. The predicted octanol–water partition coefficient (Wildman–Crippen LogP) is 2.04. The van der Waals surface area contributed by atoms with Gasteiger partial charge in [0, 0.05) is 6.42 Å². The Labute approximate surface area is 138 Å². The van der Waals surface area contributed by atoms with Gasteiger partial charge in [0.05, 0.1) is 24.7 Å². The number of carbonyl (C=O) groups excluding carboxylic acids is 1. The quantitative estimate of drug-likeness (QED) is 0.700. The zero-order valence-corrected chi connectivity index (χ0v) is 14.3. The van der Waals surface area contributed by atoms with Gasteiger partial charge in [-0.25, -0.2) is 0 Å². The molecule has 0 amide bonds. The van der Waals surface area contributed by atoms with Crippen molar-refractivity contribution in [1.29, 1.82) is 0 Å². The van der Waals surface area contributed by atoms with E-state index in [2.05, 4.69) is 0 Å². The zero-order chi connectivity index (χ0) is 16.7. The highest BCUT2D eigenvalue weighted by Gasteiger charge is 2.60. The van der Waals surface area contributed by atoms with Crippen LogP contribution in [-0.2, 0) is 14.3 Å². The summed E-state index contributed by atoms with van der Waals surface area (Å²) in [7, 11) is 0. The van der Waals surface area contributed by atoms with Crippen LogP contribution in [0.2, 0.25) is 0 Å². The molecule has 132 valence electrons. The van der Waals surface area contributed by atoms with Gasteiger partial charge in [0.1, 0.15) is 11.7 Å². The predicted molar refractivity (Wildman–Crippen MR) is 84.7 cm³/mol. The van der Waals surface area contributed by atoms with Gasteiger partial charge in [0.25, 0.3) is 0 Å². The Morgan fingerprint density at radius 1 is 1.22 bits per heavy atom. The van der Waals surface area contributed by atoms with Crippen LogP contribution < -0.4 is 0 Å². The number of aliphatic hydroxyl groups excluding tert-OH is 2. The highest BCUT2D eigenvalue weighted by Crippen LogP contribution is 2.60. The minimum absolute atomic E-state index is 0.0592. The van der Waals surface area contributed by atoms with Gasteiger partial charge in [-0.05, 0) is 50.4 Å². The van der Waals surface area contributed by atoms with Crippen LogP contribution in [0, 0.1) is 17.8 Å². The molecule has 0 saturated heterocycles. The van der Waals surface area contributed by atoms with E-state index in [0.29, 0.717) is 11.8 Å². The SMILES string of the molecule is CCC(C)C(=O)OC12CC3CC(CC(OCC(O)CO)(C3)C1)C2. The average molecular weight is 326 g/mol. The van der Waals surface area contributed by atoms with Crippen LogP contribution in [0.4, 0.5) is 0 Å². The summed E-state index contributed by atoms with van der Waals surface area (Å²) in [5.74, 6) is 0.954. The van der Waals surface area contributed by atoms with Gasteiger partial charge in [0.2, 0.25) is 0 Å². The van der Waals surface area contributed by atoms with Crippen molar-refractivity contribution in [2.24, 2.45) is 17.8 Å². The molecule has 4 atom stereocenters. The molecule has 0 aromatic carbocycles. The topological polar surface area (TPSA) is 76.0 Å². The van der Waals surface area contributed by atoms with Crippen molar-refractivity contribution in [3.05, 3.63) is 0 Å². The lowest BCUT2D eigenvalue weighted by atomic mass is 9.52. The molecule has 0 aromatic rings. The van der Waals surface area contributed by atoms with Gasteiger partial charge in [-0.3, -0.25) is 4.79 Å². The Bertz CT molecular complexity index is 435. The minimum Gasteiger partial charge on any atom is -0.459 e. The van der Waals surface area contributed by atoms with Gasteiger partial charge in [-0.15, -0.1) is 0 Å². The van der Waals surface area contributed by atoms with Gasteiger partial charge in [-0.1, -0.05) is 13.8 Å². The largest absolute Gasteiger partial charge is 0.459 e. The van der Waals surface area contributed by atoms with Crippen molar-refractivity contribution in [2.45, 2.75) is 76.1 Å². The molecule has 0 spiro atoms.